The van der Waals surface area contributed by atoms with Crippen molar-refractivity contribution < 1.29 is 14.4 Å². The Morgan fingerprint density at radius 2 is 1.15 bits per heavy atom. The third-order valence-corrected chi connectivity index (χ3v) is 4.23. The summed E-state index contributed by atoms with van der Waals surface area (Å²) in [6.45, 7) is 11.8. The minimum atomic E-state index is -0.654. The zero-order chi connectivity index (χ0) is 15.3. The number of hydrogen-bond donors (Lipinski definition) is 1. The van der Waals surface area contributed by atoms with E-state index in [9.17, 15) is 4.79 Å². The Morgan fingerprint density at radius 3 is 1.50 bits per heavy atom. The fourth-order valence-corrected chi connectivity index (χ4v) is 2.87. The van der Waals surface area contributed by atoms with Crippen molar-refractivity contribution in [2.75, 3.05) is 26.2 Å². The average Bonchev–Trinajstić information content (AvgIpc) is 2.44. The van der Waals surface area contributed by atoms with Crippen LogP contribution in [0.1, 0.15) is 78.6 Å². The molecule has 20 heavy (non-hydrogen) atoms. The normalized spacial score (nSPS) is 11.8. The van der Waals surface area contributed by atoms with Crippen molar-refractivity contribution in [3.05, 3.63) is 0 Å². The highest BCUT2D eigenvalue weighted by atomic mass is 16.4. The Bertz CT molecular complexity index is 219. The molecule has 0 amide bonds. The third kappa shape index (κ3) is 9.35. The first kappa shape index (κ1) is 19.4. The van der Waals surface area contributed by atoms with E-state index in [0.29, 0.717) is 6.42 Å². The Morgan fingerprint density at radius 1 is 0.750 bits per heavy atom. The number of carboxylic acid groups (broad SMARTS) is 1. The Hall–Kier alpha value is -0.570. The van der Waals surface area contributed by atoms with Crippen molar-refractivity contribution in [1.29, 1.82) is 0 Å². The first-order valence-corrected chi connectivity index (χ1v) is 8.67. The molecule has 0 bridgehead atoms. The van der Waals surface area contributed by atoms with Crippen LogP contribution in [-0.4, -0.2) is 41.7 Å². The maximum atomic E-state index is 10.6. The summed E-state index contributed by atoms with van der Waals surface area (Å²) in [5.41, 5.74) is 0. The summed E-state index contributed by atoms with van der Waals surface area (Å²) in [4.78, 5) is 10.6. The molecule has 0 aromatic rings. The van der Waals surface area contributed by atoms with E-state index < -0.39 is 5.97 Å². The molecule has 120 valence electrons. The van der Waals surface area contributed by atoms with E-state index in [1.54, 1.807) is 0 Å². The molecule has 0 aliphatic heterocycles. The summed E-state index contributed by atoms with van der Waals surface area (Å²) < 4.78 is 1.23. The van der Waals surface area contributed by atoms with Crippen molar-refractivity contribution >= 4 is 5.97 Å². The van der Waals surface area contributed by atoms with Gasteiger partial charge in [-0.15, -0.1) is 0 Å². The van der Waals surface area contributed by atoms with Crippen molar-refractivity contribution in [3.63, 3.8) is 0 Å². The van der Waals surface area contributed by atoms with Crippen LogP contribution in [0.15, 0.2) is 0 Å². The number of quaternary nitrogens is 1. The Kier molecular flexibility index (Phi) is 11.8. The van der Waals surface area contributed by atoms with Crippen LogP contribution in [0.4, 0.5) is 0 Å². The van der Waals surface area contributed by atoms with Crippen LogP contribution < -0.4 is 0 Å². The van der Waals surface area contributed by atoms with Crippen molar-refractivity contribution in [2.45, 2.75) is 78.6 Å². The van der Waals surface area contributed by atoms with Gasteiger partial charge in [0, 0.05) is 6.42 Å². The van der Waals surface area contributed by atoms with Gasteiger partial charge in [-0.1, -0.05) is 40.0 Å². The second-order valence-electron chi connectivity index (χ2n) is 6.15. The van der Waals surface area contributed by atoms with Crippen molar-refractivity contribution in [3.8, 4) is 0 Å². The van der Waals surface area contributed by atoms with E-state index in [2.05, 4.69) is 20.8 Å². The van der Waals surface area contributed by atoms with E-state index in [0.717, 1.165) is 12.8 Å². The van der Waals surface area contributed by atoms with Gasteiger partial charge >= 0.3 is 5.97 Å². The van der Waals surface area contributed by atoms with Crippen LogP contribution in [0.5, 0.6) is 0 Å². The molecule has 3 nitrogen and oxygen atoms in total. The number of nitrogens with zero attached hydrogens (tertiary/aromatic N) is 1. The number of unbranched alkanes of at least 4 members (excludes halogenated alkanes) is 4. The highest BCUT2D eigenvalue weighted by Gasteiger charge is 2.25. The summed E-state index contributed by atoms with van der Waals surface area (Å²) in [6.07, 6.45) is 9.89. The van der Waals surface area contributed by atoms with Gasteiger partial charge in [0.05, 0.1) is 26.2 Å². The molecule has 0 aromatic carbocycles. The monoisotopic (exact) mass is 286 g/mol. The van der Waals surface area contributed by atoms with Crippen LogP contribution in [0.25, 0.3) is 0 Å². The summed E-state index contributed by atoms with van der Waals surface area (Å²) in [6, 6.07) is 0. The number of rotatable bonds is 14. The van der Waals surface area contributed by atoms with Gasteiger partial charge in [0.2, 0.25) is 0 Å². The molecule has 3 heteroatoms. The molecule has 0 heterocycles. The van der Waals surface area contributed by atoms with Gasteiger partial charge in [-0.3, -0.25) is 4.79 Å². The summed E-state index contributed by atoms with van der Waals surface area (Å²) >= 11 is 0. The average molecular weight is 286 g/mol. The zero-order valence-corrected chi connectivity index (χ0v) is 14.0. The molecule has 0 fully saturated rings. The van der Waals surface area contributed by atoms with Crippen LogP contribution in [-0.2, 0) is 4.79 Å². The molecular formula is C17H36NO2+. The van der Waals surface area contributed by atoms with Gasteiger partial charge in [0.25, 0.3) is 0 Å². The predicted molar refractivity (Wildman–Crippen MR) is 85.9 cm³/mol. The van der Waals surface area contributed by atoms with Gasteiger partial charge < -0.3 is 9.59 Å². The molecule has 0 rings (SSSR count). The molecule has 0 saturated heterocycles. The lowest BCUT2D eigenvalue weighted by Gasteiger charge is -2.39. The second-order valence-corrected chi connectivity index (χ2v) is 6.15. The molecule has 0 unspecified atom stereocenters. The topological polar surface area (TPSA) is 37.3 Å². The molecule has 0 aliphatic rings. The molecule has 0 spiro atoms. The first-order valence-electron chi connectivity index (χ1n) is 8.67. The Balaban J connectivity index is 4.44. The highest BCUT2D eigenvalue weighted by Crippen LogP contribution is 2.17. The number of aliphatic carboxylic acids is 1. The standard InChI is InChI=1S/C17H35NO2/c1-4-7-13-18(14-8-5-2,15-9-6-3)16-11-10-12-17(19)20/h4-16H2,1-3H3/p+1. The van der Waals surface area contributed by atoms with Gasteiger partial charge in [-0.05, 0) is 32.1 Å². The smallest absolute Gasteiger partial charge is 0.303 e. The molecule has 0 saturated carbocycles. The third-order valence-electron chi connectivity index (χ3n) is 4.23. The molecule has 0 atom stereocenters. The Labute approximate surface area is 126 Å². The van der Waals surface area contributed by atoms with Crippen LogP contribution in [0, 0.1) is 0 Å². The van der Waals surface area contributed by atoms with Gasteiger partial charge in [0.1, 0.15) is 0 Å². The van der Waals surface area contributed by atoms with Crippen LogP contribution in [0.3, 0.4) is 0 Å². The quantitative estimate of drug-likeness (QED) is 0.378. The summed E-state index contributed by atoms with van der Waals surface area (Å²) in [7, 11) is 0. The molecule has 1 N–H and O–H groups in total. The van der Waals surface area contributed by atoms with Gasteiger partial charge in [-0.25, -0.2) is 0 Å². The van der Waals surface area contributed by atoms with Crippen molar-refractivity contribution in [2.24, 2.45) is 0 Å². The molecule has 0 radical (unpaired) electrons. The van der Waals surface area contributed by atoms with E-state index >= 15 is 0 Å². The van der Waals surface area contributed by atoms with Crippen LogP contribution >= 0.6 is 0 Å². The fraction of sp³-hybridized carbons (Fsp3) is 0.941. The summed E-state index contributed by atoms with van der Waals surface area (Å²) in [5, 5.41) is 8.76. The number of carboxylic acids is 1. The zero-order valence-electron chi connectivity index (χ0n) is 14.0. The summed E-state index contributed by atoms with van der Waals surface area (Å²) in [5.74, 6) is -0.654. The maximum absolute atomic E-state index is 10.6. The lowest BCUT2D eigenvalue weighted by molar-refractivity contribution is -0.929. The SMILES string of the molecule is CCCC[N+](CCCC)(CCCC)CCCCC(=O)O. The maximum Gasteiger partial charge on any atom is 0.303 e. The first-order chi connectivity index (χ1) is 9.60. The highest BCUT2D eigenvalue weighted by molar-refractivity contribution is 5.66. The second kappa shape index (κ2) is 12.2. The lowest BCUT2D eigenvalue weighted by Crippen LogP contribution is -2.50. The van der Waals surface area contributed by atoms with Gasteiger partial charge in [0.15, 0.2) is 0 Å². The number of hydrogen-bond acceptors (Lipinski definition) is 1. The minimum absolute atomic E-state index is 0.329. The minimum Gasteiger partial charge on any atom is -0.481 e. The van der Waals surface area contributed by atoms with E-state index in [1.165, 1.54) is 69.2 Å². The lowest BCUT2D eigenvalue weighted by atomic mass is 10.1. The van der Waals surface area contributed by atoms with E-state index in [4.69, 9.17) is 5.11 Å². The number of carbonyl (C=O) groups is 1. The van der Waals surface area contributed by atoms with Crippen molar-refractivity contribution in [1.82, 2.24) is 0 Å². The van der Waals surface area contributed by atoms with E-state index in [1.807, 2.05) is 0 Å². The molecule has 0 aromatic heterocycles. The fourth-order valence-electron chi connectivity index (χ4n) is 2.87. The van der Waals surface area contributed by atoms with Crippen LogP contribution in [0.2, 0.25) is 0 Å². The largest absolute Gasteiger partial charge is 0.481 e. The van der Waals surface area contributed by atoms with Gasteiger partial charge in [-0.2, -0.15) is 0 Å². The molecular weight excluding hydrogens is 250 g/mol. The predicted octanol–water partition coefficient (Wildman–Crippen LogP) is 4.46. The molecule has 0 aliphatic carbocycles. The van der Waals surface area contributed by atoms with E-state index in [-0.39, 0.29) is 0 Å².